The molecule has 36 heavy (non-hydrogen) atoms. The Bertz CT molecular complexity index is 1100. The quantitative estimate of drug-likeness (QED) is 0.418. The Morgan fingerprint density at radius 1 is 1.08 bits per heavy atom. The standard InChI is InChI=1S/C26H32ClFN4O4/c27-18-4-1-3-17(13-18)21-5-2-10-32(21)26(36)24(34)23(33)25(35)30-15-16-8-11-31(12-9-16)22-7-6-19(28)14-20(22)29/h1,3-4,6-7,13-14,16,21,23-24,33-34H,2,5,8-12,15,29H2,(H,30,35)/t21-,23-,24-/m1/s1. The number of amides is 2. The lowest BCUT2D eigenvalue weighted by molar-refractivity contribution is -0.153. The van der Waals surface area contributed by atoms with E-state index >= 15 is 0 Å². The van der Waals surface area contributed by atoms with E-state index in [1.165, 1.54) is 17.0 Å². The molecule has 2 aliphatic heterocycles. The van der Waals surface area contributed by atoms with Crippen LogP contribution in [0, 0.1) is 11.7 Å². The van der Waals surface area contributed by atoms with E-state index < -0.39 is 24.0 Å². The summed E-state index contributed by atoms with van der Waals surface area (Å²) in [6, 6.07) is 11.3. The van der Waals surface area contributed by atoms with Gasteiger partial charge < -0.3 is 31.1 Å². The highest BCUT2D eigenvalue weighted by molar-refractivity contribution is 6.30. The Morgan fingerprint density at radius 2 is 1.83 bits per heavy atom. The van der Waals surface area contributed by atoms with Gasteiger partial charge in [-0.25, -0.2) is 4.39 Å². The zero-order valence-corrected chi connectivity index (χ0v) is 20.7. The number of hydrogen-bond acceptors (Lipinski definition) is 6. The highest BCUT2D eigenvalue weighted by Crippen LogP contribution is 2.34. The third-order valence-corrected chi connectivity index (χ3v) is 7.33. The third-order valence-electron chi connectivity index (χ3n) is 7.10. The van der Waals surface area contributed by atoms with Crippen molar-refractivity contribution in [1.29, 1.82) is 0 Å². The zero-order chi connectivity index (χ0) is 25.8. The zero-order valence-electron chi connectivity index (χ0n) is 19.9. The van der Waals surface area contributed by atoms with Crippen molar-refractivity contribution in [1.82, 2.24) is 10.2 Å². The molecule has 4 rings (SSSR count). The van der Waals surface area contributed by atoms with E-state index in [-0.39, 0.29) is 17.8 Å². The van der Waals surface area contributed by atoms with E-state index in [4.69, 9.17) is 17.3 Å². The first kappa shape index (κ1) is 26.2. The molecule has 0 aromatic heterocycles. The number of piperidine rings is 1. The fourth-order valence-corrected chi connectivity index (χ4v) is 5.28. The first-order valence-electron chi connectivity index (χ1n) is 12.2. The van der Waals surface area contributed by atoms with Gasteiger partial charge in [0.05, 0.1) is 17.4 Å². The average Bonchev–Trinajstić information content (AvgIpc) is 3.36. The highest BCUT2D eigenvalue weighted by atomic mass is 35.5. The monoisotopic (exact) mass is 518 g/mol. The van der Waals surface area contributed by atoms with Crippen LogP contribution < -0.4 is 16.0 Å². The molecule has 10 heteroatoms. The molecule has 2 aromatic rings. The minimum Gasteiger partial charge on any atom is -0.397 e. The van der Waals surface area contributed by atoms with Crippen LogP contribution in [0.25, 0.3) is 0 Å². The summed E-state index contributed by atoms with van der Waals surface area (Å²) in [5.41, 5.74) is 7.97. The van der Waals surface area contributed by atoms with E-state index in [1.54, 1.807) is 24.3 Å². The normalized spacial score (nSPS) is 20.3. The van der Waals surface area contributed by atoms with E-state index in [9.17, 15) is 24.2 Å². The van der Waals surface area contributed by atoms with Gasteiger partial charge in [-0.3, -0.25) is 9.59 Å². The second kappa shape index (κ2) is 11.5. The number of nitrogens with one attached hydrogen (secondary N) is 1. The molecule has 0 bridgehead atoms. The summed E-state index contributed by atoms with van der Waals surface area (Å²) in [5, 5.41) is 24.1. The van der Waals surface area contributed by atoms with Crippen LogP contribution in [0.2, 0.25) is 5.02 Å². The number of nitrogen functional groups attached to an aromatic ring is 1. The maximum atomic E-state index is 13.3. The first-order valence-corrected chi connectivity index (χ1v) is 12.6. The van der Waals surface area contributed by atoms with Crippen molar-refractivity contribution in [2.45, 2.75) is 43.9 Å². The van der Waals surface area contributed by atoms with Gasteiger partial charge in [-0.05, 0) is 67.5 Å². The Labute approximate surface area is 214 Å². The van der Waals surface area contributed by atoms with Crippen molar-refractivity contribution < 1.29 is 24.2 Å². The van der Waals surface area contributed by atoms with Crippen LogP contribution in [0.1, 0.15) is 37.3 Å². The lowest BCUT2D eigenvalue weighted by atomic mass is 9.96. The molecule has 194 valence electrons. The van der Waals surface area contributed by atoms with Crippen molar-refractivity contribution >= 4 is 34.8 Å². The van der Waals surface area contributed by atoms with Crippen LogP contribution in [0.15, 0.2) is 42.5 Å². The molecule has 5 N–H and O–H groups in total. The molecule has 2 saturated heterocycles. The van der Waals surface area contributed by atoms with Gasteiger partial charge >= 0.3 is 0 Å². The fourth-order valence-electron chi connectivity index (χ4n) is 5.08. The maximum absolute atomic E-state index is 13.3. The summed E-state index contributed by atoms with van der Waals surface area (Å²) in [5.74, 6) is -1.67. The van der Waals surface area contributed by atoms with Gasteiger partial charge in [-0.2, -0.15) is 0 Å². The molecule has 0 saturated carbocycles. The minimum absolute atomic E-state index is 0.165. The number of aliphatic hydroxyl groups excluding tert-OH is 2. The number of hydrogen-bond donors (Lipinski definition) is 4. The second-order valence-corrected chi connectivity index (χ2v) is 9.95. The summed E-state index contributed by atoms with van der Waals surface area (Å²) in [4.78, 5) is 29.1. The molecule has 8 nitrogen and oxygen atoms in total. The second-order valence-electron chi connectivity index (χ2n) is 9.51. The lowest BCUT2D eigenvalue weighted by Crippen LogP contribution is -2.51. The summed E-state index contributed by atoms with van der Waals surface area (Å²) in [6.45, 7) is 2.14. The van der Waals surface area contributed by atoms with E-state index in [0.717, 1.165) is 30.5 Å². The molecular formula is C26H32ClFN4O4. The van der Waals surface area contributed by atoms with Crippen molar-refractivity contribution in [3.8, 4) is 0 Å². The fraction of sp³-hybridized carbons (Fsp3) is 0.462. The first-order chi connectivity index (χ1) is 17.2. The lowest BCUT2D eigenvalue weighted by Gasteiger charge is -2.34. The number of nitrogens with zero attached hydrogens (tertiary/aromatic N) is 2. The van der Waals surface area contributed by atoms with Gasteiger partial charge in [0.1, 0.15) is 5.82 Å². The molecule has 2 aliphatic rings. The molecule has 3 atom stereocenters. The number of carbonyl (C=O) groups excluding carboxylic acids is 2. The highest BCUT2D eigenvalue weighted by Gasteiger charge is 2.38. The van der Waals surface area contributed by atoms with Crippen LogP contribution in [0.4, 0.5) is 15.8 Å². The van der Waals surface area contributed by atoms with Crippen molar-refractivity contribution in [2.24, 2.45) is 5.92 Å². The van der Waals surface area contributed by atoms with Gasteiger partial charge in [0, 0.05) is 31.2 Å². The van der Waals surface area contributed by atoms with Crippen LogP contribution >= 0.6 is 11.6 Å². The van der Waals surface area contributed by atoms with Crippen LogP contribution in [-0.4, -0.2) is 65.3 Å². The molecule has 0 unspecified atom stereocenters. The Hall–Kier alpha value is -2.88. The Morgan fingerprint density at radius 3 is 2.53 bits per heavy atom. The number of carbonyl (C=O) groups is 2. The molecular weight excluding hydrogens is 487 g/mol. The minimum atomic E-state index is -1.86. The van der Waals surface area contributed by atoms with E-state index in [0.29, 0.717) is 43.3 Å². The molecule has 2 aromatic carbocycles. The molecule has 2 heterocycles. The van der Waals surface area contributed by atoms with Gasteiger partial charge in [0.25, 0.3) is 11.8 Å². The summed E-state index contributed by atoms with van der Waals surface area (Å²) in [7, 11) is 0. The molecule has 0 radical (unpaired) electrons. The predicted octanol–water partition coefficient (Wildman–Crippen LogP) is 2.48. The summed E-state index contributed by atoms with van der Waals surface area (Å²) >= 11 is 6.09. The average molecular weight is 519 g/mol. The largest absolute Gasteiger partial charge is 0.397 e. The van der Waals surface area contributed by atoms with Crippen LogP contribution in [0.5, 0.6) is 0 Å². The van der Waals surface area contributed by atoms with Crippen molar-refractivity contribution in [3.63, 3.8) is 0 Å². The van der Waals surface area contributed by atoms with Gasteiger partial charge in [-0.15, -0.1) is 0 Å². The number of nitrogens with two attached hydrogens (primary N) is 1. The summed E-state index contributed by atoms with van der Waals surface area (Å²) in [6.07, 6.45) is -0.720. The number of benzene rings is 2. The van der Waals surface area contributed by atoms with Crippen molar-refractivity contribution in [2.75, 3.05) is 36.8 Å². The number of likely N-dealkylation sites (tertiary alicyclic amines) is 1. The van der Waals surface area contributed by atoms with Gasteiger partial charge in [0.2, 0.25) is 0 Å². The number of anilines is 2. The van der Waals surface area contributed by atoms with E-state index in [1.807, 2.05) is 6.07 Å². The predicted molar refractivity (Wildman–Crippen MR) is 136 cm³/mol. The van der Waals surface area contributed by atoms with Crippen LogP contribution in [0.3, 0.4) is 0 Å². The Balaban J connectivity index is 1.27. The number of rotatable bonds is 7. The van der Waals surface area contributed by atoms with Crippen LogP contribution in [-0.2, 0) is 9.59 Å². The Kier molecular flexibility index (Phi) is 8.33. The third kappa shape index (κ3) is 5.91. The molecule has 2 amide bonds. The SMILES string of the molecule is Nc1cc(F)ccc1N1CCC(CNC(=O)[C@H](O)[C@@H](O)C(=O)N2CCC[C@@H]2c2cccc(Cl)c2)CC1. The summed E-state index contributed by atoms with van der Waals surface area (Å²) < 4.78 is 13.3. The van der Waals surface area contributed by atoms with E-state index in [2.05, 4.69) is 10.2 Å². The van der Waals surface area contributed by atoms with Gasteiger partial charge in [-0.1, -0.05) is 23.7 Å². The molecule has 2 fully saturated rings. The number of halogens is 2. The molecule has 0 aliphatic carbocycles. The number of aliphatic hydroxyl groups is 2. The smallest absolute Gasteiger partial charge is 0.255 e. The van der Waals surface area contributed by atoms with Crippen molar-refractivity contribution in [3.05, 3.63) is 58.9 Å². The molecule has 0 spiro atoms. The maximum Gasteiger partial charge on any atom is 0.255 e. The topological polar surface area (TPSA) is 119 Å². The van der Waals surface area contributed by atoms with Gasteiger partial charge in [0.15, 0.2) is 12.2 Å².